The number of halogens is 1. The molecule has 2 aromatic rings. The number of benzene rings is 1. The van der Waals surface area contributed by atoms with Crippen LogP contribution in [0.3, 0.4) is 0 Å². The maximum Gasteiger partial charge on any atom is 0.133 e. The summed E-state index contributed by atoms with van der Waals surface area (Å²) in [6.45, 7) is 2.07. The molecule has 1 aliphatic heterocycles. The van der Waals surface area contributed by atoms with Crippen LogP contribution in [0.25, 0.3) is 10.9 Å². The zero-order valence-electron chi connectivity index (χ0n) is 8.78. The number of hydrogen-bond acceptors (Lipinski definition) is 3. The highest BCUT2D eigenvalue weighted by molar-refractivity contribution is 9.10. The molecule has 0 spiro atoms. The zero-order valence-corrected chi connectivity index (χ0v) is 10.4. The summed E-state index contributed by atoms with van der Waals surface area (Å²) in [5.41, 5.74) is 1.01. The lowest BCUT2D eigenvalue weighted by atomic mass is 10.1. The third-order valence-electron chi connectivity index (χ3n) is 3.01. The molecule has 1 aliphatic rings. The third kappa shape index (κ3) is 1.72. The lowest BCUT2D eigenvalue weighted by molar-refractivity contribution is 0.707. The summed E-state index contributed by atoms with van der Waals surface area (Å²) >= 11 is 3.53. The number of fused-ring (bicyclic) bond motifs is 1. The van der Waals surface area contributed by atoms with Crippen LogP contribution in [-0.2, 0) is 0 Å². The fraction of sp³-hybridized carbons (Fsp3) is 0.333. The lowest BCUT2D eigenvalue weighted by Crippen LogP contribution is -2.10. The molecule has 1 unspecified atom stereocenters. The number of hydrogen-bond donors (Lipinski definition) is 1. The largest absolute Gasteiger partial charge is 0.316 e. The Morgan fingerprint density at radius 1 is 1.38 bits per heavy atom. The smallest absolute Gasteiger partial charge is 0.133 e. The van der Waals surface area contributed by atoms with Gasteiger partial charge in [0.05, 0.1) is 5.52 Å². The summed E-state index contributed by atoms with van der Waals surface area (Å²) in [5, 5.41) is 4.43. The van der Waals surface area contributed by atoms with E-state index in [9.17, 15) is 0 Å². The van der Waals surface area contributed by atoms with Crippen molar-refractivity contribution in [3.8, 4) is 0 Å². The van der Waals surface area contributed by atoms with Crippen LogP contribution in [0.1, 0.15) is 18.2 Å². The summed E-state index contributed by atoms with van der Waals surface area (Å²) < 4.78 is 1.04. The molecule has 0 bridgehead atoms. The molecule has 0 amide bonds. The first-order valence-corrected chi connectivity index (χ1v) is 6.26. The van der Waals surface area contributed by atoms with E-state index in [1.165, 1.54) is 0 Å². The van der Waals surface area contributed by atoms with Gasteiger partial charge >= 0.3 is 0 Å². The second-order valence-corrected chi connectivity index (χ2v) is 4.95. The predicted octanol–water partition coefficient (Wildman–Crippen LogP) is 2.47. The van der Waals surface area contributed by atoms with Crippen molar-refractivity contribution in [2.45, 2.75) is 12.3 Å². The van der Waals surface area contributed by atoms with Crippen molar-refractivity contribution in [1.82, 2.24) is 15.3 Å². The van der Waals surface area contributed by atoms with E-state index >= 15 is 0 Å². The molecule has 1 N–H and O–H groups in total. The minimum absolute atomic E-state index is 0.469. The maximum absolute atomic E-state index is 4.66. The van der Waals surface area contributed by atoms with E-state index in [0.29, 0.717) is 5.92 Å². The Kier molecular flexibility index (Phi) is 2.61. The summed E-state index contributed by atoms with van der Waals surface area (Å²) in [4.78, 5) is 9.12. The minimum atomic E-state index is 0.469. The Morgan fingerprint density at radius 2 is 2.31 bits per heavy atom. The molecule has 0 radical (unpaired) electrons. The van der Waals surface area contributed by atoms with Gasteiger partial charge in [0.25, 0.3) is 0 Å². The molecule has 3 nitrogen and oxygen atoms in total. The van der Waals surface area contributed by atoms with Gasteiger partial charge < -0.3 is 5.32 Å². The number of aromatic nitrogens is 2. The van der Waals surface area contributed by atoms with Gasteiger partial charge in [-0.15, -0.1) is 0 Å². The van der Waals surface area contributed by atoms with Crippen LogP contribution in [0.15, 0.2) is 28.9 Å². The second kappa shape index (κ2) is 4.11. The van der Waals surface area contributed by atoms with E-state index in [-0.39, 0.29) is 0 Å². The summed E-state index contributed by atoms with van der Waals surface area (Å²) in [6.07, 6.45) is 3.05. The molecule has 0 aliphatic carbocycles. The molecule has 3 rings (SSSR count). The zero-order chi connectivity index (χ0) is 11.0. The van der Waals surface area contributed by atoms with Crippen molar-refractivity contribution >= 4 is 26.8 Å². The van der Waals surface area contributed by atoms with E-state index in [1.807, 2.05) is 24.4 Å². The van der Waals surface area contributed by atoms with E-state index < -0.39 is 0 Å². The molecule has 82 valence electrons. The Balaban J connectivity index is 2.10. The SMILES string of the molecule is Brc1cccc2cnc(C3CCNC3)nc12. The van der Waals surface area contributed by atoms with Crippen LogP contribution in [0.4, 0.5) is 0 Å². The highest BCUT2D eigenvalue weighted by Gasteiger charge is 2.19. The van der Waals surface area contributed by atoms with Crippen molar-refractivity contribution in [3.05, 3.63) is 34.7 Å². The van der Waals surface area contributed by atoms with Crippen molar-refractivity contribution in [2.75, 3.05) is 13.1 Å². The quantitative estimate of drug-likeness (QED) is 0.870. The summed E-state index contributed by atoms with van der Waals surface area (Å²) in [5.74, 6) is 1.43. The van der Waals surface area contributed by atoms with Crippen LogP contribution >= 0.6 is 15.9 Å². The van der Waals surface area contributed by atoms with Gasteiger partial charge in [0, 0.05) is 28.5 Å². The van der Waals surface area contributed by atoms with Crippen molar-refractivity contribution in [3.63, 3.8) is 0 Å². The van der Waals surface area contributed by atoms with Gasteiger partial charge in [-0.3, -0.25) is 0 Å². The van der Waals surface area contributed by atoms with E-state index in [1.54, 1.807) is 0 Å². The summed E-state index contributed by atoms with van der Waals surface area (Å²) in [6, 6.07) is 6.06. The third-order valence-corrected chi connectivity index (χ3v) is 3.65. The lowest BCUT2D eigenvalue weighted by Gasteiger charge is -2.08. The first kappa shape index (κ1) is 10.2. The number of rotatable bonds is 1. The van der Waals surface area contributed by atoms with Crippen LogP contribution < -0.4 is 5.32 Å². The molecule has 1 atom stereocenters. The molecule has 16 heavy (non-hydrogen) atoms. The van der Waals surface area contributed by atoms with Gasteiger partial charge in [0.2, 0.25) is 0 Å². The minimum Gasteiger partial charge on any atom is -0.316 e. The molecular weight excluding hydrogens is 266 g/mol. The topological polar surface area (TPSA) is 37.8 Å². The standard InChI is InChI=1S/C12H12BrN3/c13-10-3-1-2-8-7-15-12(16-11(8)10)9-4-5-14-6-9/h1-3,7,9,14H,4-6H2. The van der Waals surface area contributed by atoms with Gasteiger partial charge in [0.15, 0.2) is 0 Å². The normalized spacial score (nSPS) is 20.4. The van der Waals surface area contributed by atoms with Gasteiger partial charge in [-0.2, -0.15) is 0 Å². The van der Waals surface area contributed by atoms with Crippen molar-refractivity contribution in [2.24, 2.45) is 0 Å². The Morgan fingerprint density at radius 3 is 3.12 bits per heavy atom. The Labute approximate surface area is 102 Å². The monoisotopic (exact) mass is 277 g/mol. The molecule has 1 saturated heterocycles. The number of nitrogens with one attached hydrogen (secondary N) is 1. The molecule has 2 heterocycles. The summed E-state index contributed by atoms with van der Waals surface area (Å²) in [7, 11) is 0. The predicted molar refractivity (Wildman–Crippen MR) is 67.5 cm³/mol. The molecule has 1 aromatic carbocycles. The van der Waals surface area contributed by atoms with E-state index in [0.717, 1.165) is 40.7 Å². The fourth-order valence-corrected chi connectivity index (χ4v) is 2.58. The molecular formula is C12H12BrN3. The van der Waals surface area contributed by atoms with Gasteiger partial charge in [-0.1, -0.05) is 12.1 Å². The fourth-order valence-electron chi connectivity index (χ4n) is 2.10. The Bertz CT molecular complexity index is 521. The average molecular weight is 278 g/mol. The van der Waals surface area contributed by atoms with Crippen LogP contribution in [0.5, 0.6) is 0 Å². The van der Waals surface area contributed by atoms with Crippen LogP contribution in [-0.4, -0.2) is 23.1 Å². The highest BCUT2D eigenvalue weighted by Crippen LogP contribution is 2.24. The highest BCUT2D eigenvalue weighted by atomic mass is 79.9. The molecule has 4 heteroatoms. The Hall–Kier alpha value is -1.00. The first-order valence-electron chi connectivity index (χ1n) is 5.46. The second-order valence-electron chi connectivity index (χ2n) is 4.10. The van der Waals surface area contributed by atoms with E-state index in [4.69, 9.17) is 0 Å². The van der Waals surface area contributed by atoms with E-state index in [2.05, 4.69) is 31.2 Å². The maximum atomic E-state index is 4.66. The van der Waals surface area contributed by atoms with Gasteiger partial charge in [-0.25, -0.2) is 9.97 Å². The molecule has 1 aromatic heterocycles. The molecule has 1 fully saturated rings. The van der Waals surface area contributed by atoms with Crippen molar-refractivity contribution in [1.29, 1.82) is 0 Å². The first-order chi connectivity index (χ1) is 7.84. The molecule has 0 saturated carbocycles. The van der Waals surface area contributed by atoms with Crippen LogP contribution in [0, 0.1) is 0 Å². The van der Waals surface area contributed by atoms with Gasteiger partial charge in [0.1, 0.15) is 5.82 Å². The number of para-hydroxylation sites is 1. The van der Waals surface area contributed by atoms with Crippen molar-refractivity contribution < 1.29 is 0 Å². The van der Waals surface area contributed by atoms with Crippen LogP contribution in [0.2, 0.25) is 0 Å². The number of nitrogens with zero attached hydrogens (tertiary/aromatic N) is 2. The van der Waals surface area contributed by atoms with Gasteiger partial charge in [-0.05, 0) is 35.0 Å². The average Bonchev–Trinajstić information content (AvgIpc) is 2.83.